The summed E-state index contributed by atoms with van der Waals surface area (Å²) in [5.41, 5.74) is 7.15. The average Bonchev–Trinajstić information content (AvgIpc) is 2.33. The molecule has 4 heteroatoms. The van der Waals surface area contributed by atoms with E-state index in [2.05, 4.69) is 34.8 Å². The van der Waals surface area contributed by atoms with Crippen molar-refractivity contribution in [1.29, 1.82) is 0 Å². The third kappa shape index (κ3) is 3.03. The molecule has 0 spiro atoms. The molecule has 17 heavy (non-hydrogen) atoms. The molecule has 2 heterocycles. The summed E-state index contributed by atoms with van der Waals surface area (Å²) in [5.74, 6) is 0. The maximum absolute atomic E-state index is 5.89. The molecule has 4 nitrogen and oxygen atoms in total. The van der Waals surface area contributed by atoms with Gasteiger partial charge in [-0.25, -0.2) is 0 Å². The Morgan fingerprint density at radius 1 is 1.47 bits per heavy atom. The Labute approximate surface area is 103 Å². The van der Waals surface area contributed by atoms with Gasteiger partial charge in [0.05, 0.1) is 0 Å². The van der Waals surface area contributed by atoms with Crippen LogP contribution in [0, 0.1) is 0 Å². The van der Waals surface area contributed by atoms with Crippen molar-refractivity contribution in [1.82, 2.24) is 14.8 Å². The van der Waals surface area contributed by atoms with E-state index in [1.807, 2.05) is 18.5 Å². The predicted octanol–water partition coefficient (Wildman–Crippen LogP) is 0.545. The number of likely N-dealkylation sites (N-methyl/N-ethyl adjacent to an activating group) is 1. The van der Waals surface area contributed by atoms with Crippen LogP contribution in [0.15, 0.2) is 24.5 Å². The fourth-order valence-corrected chi connectivity index (χ4v) is 2.65. The molecule has 0 radical (unpaired) electrons. The zero-order valence-electron chi connectivity index (χ0n) is 10.7. The molecule has 2 rings (SSSR count). The lowest BCUT2D eigenvalue weighted by molar-refractivity contribution is 0.0410. The van der Waals surface area contributed by atoms with E-state index in [1.165, 1.54) is 5.56 Å². The fraction of sp³-hybridized carbons (Fsp3) is 0.615. The van der Waals surface area contributed by atoms with Gasteiger partial charge in [-0.3, -0.25) is 9.88 Å². The Hall–Kier alpha value is -0.970. The molecule has 0 aromatic carbocycles. The number of pyridine rings is 1. The van der Waals surface area contributed by atoms with Crippen LogP contribution >= 0.6 is 0 Å². The zero-order valence-corrected chi connectivity index (χ0v) is 10.7. The van der Waals surface area contributed by atoms with Gasteiger partial charge in [-0.1, -0.05) is 6.07 Å². The van der Waals surface area contributed by atoms with Gasteiger partial charge in [0.1, 0.15) is 0 Å². The summed E-state index contributed by atoms with van der Waals surface area (Å²) in [5, 5.41) is 0. The quantitative estimate of drug-likeness (QED) is 0.829. The van der Waals surface area contributed by atoms with Crippen LogP contribution in [0.25, 0.3) is 0 Å². The molecule has 1 fully saturated rings. The Bertz CT molecular complexity index is 341. The standard InChI is InChI=1S/C13H22N4/c1-11-8-16(2)10-13(6-14)17(11)9-12-4-3-5-15-7-12/h3-5,7,11,13H,6,8-10,14H2,1-2H3. The molecule has 0 bridgehead atoms. The van der Waals surface area contributed by atoms with Gasteiger partial charge < -0.3 is 10.6 Å². The summed E-state index contributed by atoms with van der Waals surface area (Å²) in [7, 11) is 2.17. The molecule has 0 saturated carbocycles. The number of nitrogens with zero attached hydrogens (tertiary/aromatic N) is 3. The maximum atomic E-state index is 5.89. The minimum atomic E-state index is 0.448. The molecule has 1 aromatic heterocycles. The smallest absolute Gasteiger partial charge is 0.0352 e. The minimum Gasteiger partial charge on any atom is -0.329 e. The summed E-state index contributed by atoms with van der Waals surface area (Å²) in [6, 6.07) is 5.12. The number of hydrogen-bond acceptors (Lipinski definition) is 4. The normalized spacial score (nSPS) is 27.2. The molecule has 1 aromatic rings. The highest BCUT2D eigenvalue weighted by molar-refractivity contribution is 5.09. The Morgan fingerprint density at radius 2 is 2.29 bits per heavy atom. The molecule has 1 aliphatic rings. The van der Waals surface area contributed by atoms with E-state index in [4.69, 9.17) is 5.73 Å². The highest BCUT2D eigenvalue weighted by Crippen LogP contribution is 2.17. The van der Waals surface area contributed by atoms with E-state index in [0.717, 1.165) is 26.2 Å². The van der Waals surface area contributed by atoms with E-state index in [-0.39, 0.29) is 0 Å². The lowest BCUT2D eigenvalue weighted by Gasteiger charge is -2.44. The minimum absolute atomic E-state index is 0.448. The third-order valence-corrected chi connectivity index (χ3v) is 3.49. The predicted molar refractivity (Wildman–Crippen MR) is 69.6 cm³/mol. The molecule has 0 aliphatic carbocycles. The molecule has 94 valence electrons. The van der Waals surface area contributed by atoms with Crippen molar-refractivity contribution in [3.63, 3.8) is 0 Å². The largest absolute Gasteiger partial charge is 0.329 e. The fourth-order valence-electron chi connectivity index (χ4n) is 2.65. The van der Waals surface area contributed by atoms with Gasteiger partial charge in [-0.2, -0.15) is 0 Å². The summed E-state index contributed by atoms with van der Waals surface area (Å²) >= 11 is 0. The highest BCUT2D eigenvalue weighted by Gasteiger charge is 2.29. The van der Waals surface area contributed by atoms with Crippen molar-refractivity contribution < 1.29 is 0 Å². The van der Waals surface area contributed by atoms with Crippen molar-refractivity contribution >= 4 is 0 Å². The molecule has 2 atom stereocenters. The average molecular weight is 234 g/mol. The van der Waals surface area contributed by atoms with Gasteiger partial charge in [0, 0.05) is 50.7 Å². The number of rotatable bonds is 3. The van der Waals surface area contributed by atoms with Crippen LogP contribution in [-0.4, -0.2) is 53.5 Å². The first kappa shape index (κ1) is 12.5. The van der Waals surface area contributed by atoms with Crippen molar-refractivity contribution in [2.75, 3.05) is 26.7 Å². The van der Waals surface area contributed by atoms with Crippen molar-refractivity contribution in [2.24, 2.45) is 5.73 Å². The Kier molecular flexibility index (Phi) is 4.10. The van der Waals surface area contributed by atoms with Gasteiger partial charge in [0.2, 0.25) is 0 Å². The molecule has 0 amide bonds. The van der Waals surface area contributed by atoms with Gasteiger partial charge >= 0.3 is 0 Å². The van der Waals surface area contributed by atoms with E-state index >= 15 is 0 Å². The molecular weight excluding hydrogens is 212 g/mol. The second kappa shape index (κ2) is 5.58. The molecule has 2 unspecified atom stereocenters. The van der Waals surface area contributed by atoms with Crippen LogP contribution in [0.1, 0.15) is 12.5 Å². The second-order valence-corrected chi connectivity index (χ2v) is 4.99. The molecular formula is C13H22N4. The third-order valence-electron chi connectivity index (χ3n) is 3.49. The molecule has 1 saturated heterocycles. The number of aromatic nitrogens is 1. The van der Waals surface area contributed by atoms with E-state index in [1.54, 1.807) is 0 Å². The van der Waals surface area contributed by atoms with Gasteiger partial charge in [-0.15, -0.1) is 0 Å². The topological polar surface area (TPSA) is 45.4 Å². The lowest BCUT2D eigenvalue weighted by atomic mass is 10.1. The summed E-state index contributed by atoms with van der Waals surface area (Å²) in [4.78, 5) is 9.03. The first-order valence-electron chi connectivity index (χ1n) is 6.24. The second-order valence-electron chi connectivity index (χ2n) is 4.99. The van der Waals surface area contributed by atoms with Crippen LogP contribution in [0.3, 0.4) is 0 Å². The first-order valence-corrected chi connectivity index (χ1v) is 6.24. The maximum Gasteiger partial charge on any atom is 0.0352 e. The SMILES string of the molecule is CC1CN(C)CC(CN)N1Cc1cccnc1. The number of piperazine rings is 1. The van der Waals surface area contributed by atoms with E-state index in [0.29, 0.717) is 12.1 Å². The highest BCUT2D eigenvalue weighted by atomic mass is 15.3. The van der Waals surface area contributed by atoms with Crippen LogP contribution in [-0.2, 0) is 6.54 Å². The van der Waals surface area contributed by atoms with E-state index in [9.17, 15) is 0 Å². The van der Waals surface area contributed by atoms with Crippen LogP contribution < -0.4 is 5.73 Å². The summed E-state index contributed by atoms with van der Waals surface area (Å²) in [6.07, 6.45) is 3.76. The monoisotopic (exact) mass is 234 g/mol. The van der Waals surface area contributed by atoms with Gasteiger partial charge in [-0.05, 0) is 25.6 Å². The van der Waals surface area contributed by atoms with Crippen LogP contribution in [0.4, 0.5) is 0 Å². The van der Waals surface area contributed by atoms with Crippen molar-refractivity contribution in [3.8, 4) is 0 Å². The number of hydrogen-bond donors (Lipinski definition) is 1. The summed E-state index contributed by atoms with van der Waals surface area (Å²) < 4.78 is 0. The van der Waals surface area contributed by atoms with Crippen molar-refractivity contribution in [3.05, 3.63) is 30.1 Å². The van der Waals surface area contributed by atoms with Crippen LogP contribution in [0.2, 0.25) is 0 Å². The number of nitrogens with two attached hydrogens (primary N) is 1. The molecule has 1 aliphatic heterocycles. The zero-order chi connectivity index (χ0) is 12.3. The van der Waals surface area contributed by atoms with Crippen molar-refractivity contribution in [2.45, 2.75) is 25.6 Å². The van der Waals surface area contributed by atoms with Gasteiger partial charge in [0.15, 0.2) is 0 Å². The Balaban J connectivity index is 2.07. The van der Waals surface area contributed by atoms with E-state index < -0.39 is 0 Å². The Morgan fingerprint density at radius 3 is 2.94 bits per heavy atom. The van der Waals surface area contributed by atoms with Crippen LogP contribution in [0.5, 0.6) is 0 Å². The molecule has 2 N–H and O–H groups in total. The first-order chi connectivity index (χ1) is 8.20. The summed E-state index contributed by atoms with van der Waals surface area (Å²) in [6.45, 7) is 6.10. The van der Waals surface area contributed by atoms with Gasteiger partial charge in [0.25, 0.3) is 0 Å². The lowest BCUT2D eigenvalue weighted by Crippen LogP contribution is -2.58.